The largest absolute Gasteiger partial charge is 0.573 e. The number of aliphatic carboxylic acids is 1. The van der Waals surface area contributed by atoms with Crippen LogP contribution in [0.4, 0.5) is 13.2 Å². The second-order valence-electron chi connectivity index (χ2n) is 4.62. The Bertz CT molecular complexity index is 650. The van der Waals surface area contributed by atoms with Crippen LogP contribution < -0.4 is 0 Å². The first kappa shape index (κ1) is 18.3. The maximum atomic E-state index is 12.1. The van der Waals surface area contributed by atoms with E-state index in [0.717, 1.165) is 18.2 Å². The number of alkyl halides is 3. The third kappa shape index (κ3) is 6.71. The second-order valence-corrected chi connectivity index (χ2v) is 4.62. The molecule has 0 radical (unpaired) electrons. The fourth-order valence-corrected chi connectivity index (χ4v) is 1.69. The normalized spacial score (nSPS) is 14.7. The molecule has 0 saturated heterocycles. The standard InChI is InChI=1S/C15H14F3NO4/c1-10(8-13(20)21)14(22)19(2)9-11-4-3-5-12(7-6-11)23-15(16,17)18/h3-5,7-8H,9H2,1-2H3,(H,20,21)/b10-8+. The molecule has 1 aliphatic rings. The number of hydrogen-bond donors (Lipinski definition) is 1. The minimum absolute atomic E-state index is 0.0291. The second kappa shape index (κ2) is 7.51. The lowest BCUT2D eigenvalue weighted by atomic mass is 10.2. The number of allylic oxidation sites excluding steroid dienone is 3. The van der Waals surface area contributed by atoms with Crippen LogP contribution >= 0.6 is 0 Å². The van der Waals surface area contributed by atoms with Gasteiger partial charge < -0.3 is 14.7 Å². The van der Waals surface area contributed by atoms with Gasteiger partial charge in [0.05, 0.1) is 6.54 Å². The zero-order valence-electron chi connectivity index (χ0n) is 12.3. The molecule has 0 unspecified atom stereocenters. The molecule has 0 aromatic carbocycles. The van der Waals surface area contributed by atoms with Gasteiger partial charge in [-0.15, -0.1) is 18.9 Å². The van der Waals surface area contributed by atoms with Crippen molar-refractivity contribution < 1.29 is 32.6 Å². The molecule has 0 spiro atoms. The molecule has 0 saturated carbocycles. The van der Waals surface area contributed by atoms with E-state index in [1.807, 2.05) is 0 Å². The Hall–Kier alpha value is -2.73. The number of ether oxygens (including phenoxy) is 1. The van der Waals surface area contributed by atoms with E-state index >= 15 is 0 Å². The number of nitrogens with zero attached hydrogens (tertiary/aromatic N) is 1. The Kier molecular flexibility index (Phi) is 5.98. The number of carbonyl (C=O) groups is 2. The van der Waals surface area contributed by atoms with E-state index < -0.39 is 24.0 Å². The van der Waals surface area contributed by atoms with Crippen LogP contribution in [0.5, 0.6) is 0 Å². The molecule has 5 nitrogen and oxygen atoms in total. The van der Waals surface area contributed by atoms with Crippen molar-refractivity contribution in [2.24, 2.45) is 0 Å². The first-order valence-electron chi connectivity index (χ1n) is 6.35. The molecule has 0 aromatic heterocycles. The Morgan fingerprint density at radius 3 is 2.65 bits per heavy atom. The average molecular weight is 329 g/mol. The molecule has 0 fully saturated rings. The molecule has 1 rings (SSSR count). The van der Waals surface area contributed by atoms with Crippen molar-refractivity contribution in [3.05, 3.63) is 53.0 Å². The van der Waals surface area contributed by atoms with E-state index in [-0.39, 0.29) is 12.1 Å². The highest BCUT2D eigenvalue weighted by Crippen LogP contribution is 2.22. The summed E-state index contributed by atoms with van der Waals surface area (Å²) in [7, 11) is 1.44. The zero-order valence-corrected chi connectivity index (χ0v) is 12.3. The van der Waals surface area contributed by atoms with E-state index in [1.165, 1.54) is 31.0 Å². The summed E-state index contributed by atoms with van der Waals surface area (Å²) in [6, 6.07) is 0. The first-order valence-corrected chi connectivity index (χ1v) is 6.35. The summed E-state index contributed by atoms with van der Waals surface area (Å²) in [5.41, 5.74) is 3.06. The van der Waals surface area contributed by atoms with Gasteiger partial charge in [-0.1, -0.05) is 6.08 Å². The molecule has 0 heterocycles. The fraction of sp³-hybridized carbons (Fsp3) is 0.267. The van der Waals surface area contributed by atoms with Gasteiger partial charge >= 0.3 is 12.3 Å². The predicted octanol–water partition coefficient (Wildman–Crippen LogP) is 2.55. The van der Waals surface area contributed by atoms with Crippen LogP contribution in [-0.4, -0.2) is 41.8 Å². The van der Waals surface area contributed by atoms with Crippen LogP contribution in [0.3, 0.4) is 0 Å². The monoisotopic (exact) mass is 329 g/mol. The number of halogens is 3. The van der Waals surface area contributed by atoms with E-state index in [9.17, 15) is 22.8 Å². The van der Waals surface area contributed by atoms with Gasteiger partial charge in [0, 0.05) is 30.3 Å². The maximum Gasteiger partial charge on any atom is 0.573 e. The Balaban J connectivity index is 2.80. The van der Waals surface area contributed by atoms with Gasteiger partial charge in [-0.3, -0.25) is 4.79 Å². The highest BCUT2D eigenvalue weighted by atomic mass is 19.4. The number of carboxylic acid groups (broad SMARTS) is 1. The minimum Gasteiger partial charge on any atom is -0.478 e. The summed E-state index contributed by atoms with van der Waals surface area (Å²) in [6.07, 6.45) is 0.928. The molecule has 1 aliphatic carbocycles. The van der Waals surface area contributed by atoms with Crippen molar-refractivity contribution in [2.45, 2.75) is 13.3 Å². The summed E-state index contributed by atoms with van der Waals surface area (Å²) >= 11 is 0. The lowest BCUT2D eigenvalue weighted by Gasteiger charge is -2.17. The van der Waals surface area contributed by atoms with Gasteiger partial charge in [0.2, 0.25) is 5.91 Å². The molecular formula is C15H14F3NO4. The molecule has 0 atom stereocenters. The van der Waals surface area contributed by atoms with Crippen molar-refractivity contribution >= 4 is 11.9 Å². The smallest absolute Gasteiger partial charge is 0.478 e. The van der Waals surface area contributed by atoms with Gasteiger partial charge in [0.15, 0.2) is 0 Å². The molecular weight excluding hydrogens is 315 g/mol. The minimum atomic E-state index is -4.80. The van der Waals surface area contributed by atoms with Crippen LogP contribution in [-0.2, 0) is 14.3 Å². The number of hydrogen-bond acceptors (Lipinski definition) is 3. The first-order chi connectivity index (χ1) is 10.6. The molecule has 1 N–H and O–H groups in total. The number of rotatable bonds is 5. The summed E-state index contributed by atoms with van der Waals surface area (Å²) in [5, 5.41) is 8.60. The number of carboxylic acids is 1. The van der Waals surface area contributed by atoms with Crippen molar-refractivity contribution in [1.82, 2.24) is 4.90 Å². The lowest BCUT2D eigenvalue weighted by molar-refractivity contribution is -0.303. The van der Waals surface area contributed by atoms with Gasteiger partial charge in [0.25, 0.3) is 0 Å². The maximum absolute atomic E-state index is 12.1. The lowest BCUT2D eigenvalue weighted by Crippen LogP contribution is -2.29. The molecule has 8 heteroatoms. The Morgan fingerprint density at radius 1 is 1.43 bits per heavy atom. The van der Waals surface area contributed by atoms with Crippen LogP contribution in [0.15, 0.2) is 53.0 Å². The number of carbonyl (C=O) groups excluding carboxylic acids is 1. The Morgan fingerprint density at radius 2 is 2.09 bits per heavy atom. The Labute approximate surface area is 130 Å². The van der Waals surface area contributed by atoms with Crippen LogP contribution in [0.2, 0.25) is 0 Å². The van der Waals surface area contributed by atoms with Gasteiger partial charge in [0.1, 0.15) is 5.76 Å². The summed E-state index contributed by atoms with van der Waals surface area (Å²) in [4.78, 5) is 23.7. The highest BCUT2D eigenvalue weighted by molar-refractivity contribution is 5.98. The zero-order chi connectivity index (χ0) is 17.6. The highest BCUT2D eigenvalue weighted by Gasteiger charge is 2.31. The van der Waals surface area contributed by atoms with Crippen LogP contribution in [0.1, 0.15) is 6.92 Å². The molecule has 23 heavy (non-hydrogen) atoms. The van der Waals surface area contributed by atoms with E-state index in [4.69, 9.17) is 5.11 Å². The number of amides is 1. The molecule has 1 amide bonds. The van der Waals surface area contributed by atoms with Crippen molar-refractivity contribution in [2.75, 3.05) is 13.6 Å². The summed E-state index contributed by atoms with van der Waals surface area (Å²) < 4.78 is 40.2. The molecule has 124 valence electrons. The topological polar surface area (TPSA) is 66.8 Å². The van der Waals surface area contributed by atoms with Crippen molar-refractivity contribution in [3.8, 4) is 0 Å². The molecule has 0 bridgehead atoms. The van der Waals surface area contributed by atoms with E-state index in [1.54, 1.807) is 0 Å². The fourth-order valence-electron chi connectivity index (χ4n) is 1.69. The van der Waals surface area contributed by atoms with E-state index in [2.05, 4.69) is 10.5 Å². The van der Waals surface area contributed by atoms with Crippen molar-refractivity contribution in [1.29, 1.82) is 0 Å². The van der Waals surface area contributed by atoms with Crippen LogP contribution in [0, 0.1) is 0 Å². The van der Waals surface area contributed by atoms with Crippen molar-refractivity contribution in [3.63, 3.8) is 0 Å². The van der Waals surface area contributed by atoms with Gasteiger partial charge in [-0.25, -0.2) is 4.79 Å². The average Bonchev–Trinajstić information content (AvgIpc) is 2.60. The van der Waals surface area contributed by atoms with Gasteiger partial charge in [-0.05, 0) is 19.1 Å². The quantitative estimate of drug-likeness (QED) is 0.622. The van der Waals surface area contributed by atoms with E-state index in [0.29, 0.717) is 5.57 Å². The van der Waals surface area contributed by atoms with Crippen LogP contribution in [0.25, 0.3) is 0 Å². The molecule has 0 aromatic rings. The summed E-state index contributed by atoms with van der Waals surface area (Å²) in [5.74, 6) is -2.19. The third-order valence-electron chi connectivity index (χ3n) is 2.62. The number of likely N-dealkylation sites (N-methyl/N-ethyl adjacent to an activating group) is 1. The summed E-state index contributed by atoms with van der Waals surface area (Å²) in [6.45, 7) is 1.40. The van der Waals surface area contributed by atoms with Gasteiger partial charge in [-0.2, -0.15) is 0 Å². The third-order valence-corrected chi connectivity index (χ3v) is 2.62. The SMILES string of the molecule is C/C(=C\C(=O)O)C(=O)N(C)CC1=C=CC(OC(F)(F)F)=CC=C1. The molecule has 0 aliphatic heterocycles. The predicted molar refractivity (Wildman–Crippen MR) is 75.0 cm³/mol.